The van der Waals surface area contributed by atoms with Gasteiger partial charge in [-0.25, -0.2) is 9.59 Å². The highest BCUT2D eigenvalue weighted by atomic mass is 16.2. The van der Waals surface area contributed by atoms with E-state index in [4.69, 9.17) is 17.2 Å². The van der Waals surface area contributed by atoms with Gasteiger partial charge in [-0.2, -0.15) is 4.98 Å². The van der Waals surface area contributed by atoms with Crippen LogP contribution in [0.15, 0.2) is 41.3 Å². The van der Waals surface area contributed by atoms with Crippen LogP contribution < -0.4 is 28.2 Å². The monoisotopic (exact) mass is 551 g/mol. The molecule has 40 heavy (non-hydrogen) atoms. The van der Waals surface area contributed by atoms with Crippen LogP contribution >= 0.6 is 0 Å². The van der Waals surface area contributed by atoms with Crippen molar-refractivity contribution in [2.24, 2.45) is 35.0 Å². The molecule has 0 bridgehead atoms. The molecular formula is C28H41N9O3. The molecule has 12 nitrogen and oxygen atoms in total. The summed E-state index contributed by atoms with van der Waals surface area (Å²) in [4.78, 5) is 47.7. The van der Waals surface area contributed by atoms with Crippen LogP contribution in [0.3, 0.4) is 0 Å². The van der Waals surface area contributed by atoms with Gasteiger partial charge in [0.1, 0.15) is 5.82 Å². The Morgan fingerprint density at radius 3 is 2.35 bits per heavy atom. The van der Waals surface area contributed by atoms with Crippen LogP contribution in [0, 0.1) is 17.8 Å². The molecule has 3 fully saturated rings. The summed E-state index contributed by atoms with van der Waals surface area (Å²) in [6.07, 6.45) is 1.83. The van der Waals surface area contributed by atoms with E-state index in [0.717, 1.165) is 43.8 Å². The minimum atomic E-state index is -1.01. The van der Waals surface area contributed by atoms with Gasteiger partial charge in [0.25, 0.3) is 0 Å². The van der Waals surface area contributed by atoms with Crippen molar-refractivity contribution in [3.05, 3.63) is 52.6 Å². The number of nitrogens with two attached hydrogens (primary N) is 3. The smallest absolute Gasteiger partial charge is 0.336 e. The quantitative estimate of drug-likeness (QED) is 0.373. The second-order valence-electron chi connectivity index (χ2n) is 12.0. The number of benzene rings is 1. The molecule has 1 aliphatic carbocycles. The molecule has 1 aromatic carbocycles. The van der Waals surface area contributed by atoms with E-state index in [-0.39, 0.29) is 24.8 Å². The summed E-state index contributed by atoms with van der Waals surface area (Å²) in [5, 5.41) is 2.65. The van der Waals surface area contributed by atoms with Crippen molar-refractivity contribution >= 4 is 17.8 Å². The third-order valence-corrected chi connectivity index (χ3v) is 8.60. The molecule has 12 heteroatoms. The van der Waals surface area contributed by atoms with Gasteiger partial charge in [0.15, 0.2) is 0 Å². The zero-order valence-electron chi connectivity index (χ0n) is 23.5. The minimum absolute atomic E-state index is 0.131. The lowest BCUT2D eigenvalue weighted by atomic mass is 10.0. The molecule has 0 spiro atoms. The van der Waals surface area contributed by atoms with Gasteiger partial charge in [-0.05, 0) is 75.3 Å². The van der Waals surface area contributed by atoms with Crippen LogP contribution in [-0.2, 0) is 11.2 Å². The van der Waals surface area contributed by atoms with Gasteiger partial charge < -0.3 is 27.0 Å². The highest BCUT2D eigenvalue weighted by Gasteiger charge is 2.55. The van der Waals surface area contributed by atoms with Gasteiger partial charge in [-0.15, -0.1) is 0 Å². The summed E-state index contributed by atoms with van der Waals surface area (Å²) >= 11 is 0. The summed E-state index contributed by atoms with van der Waals surface area (Å²) in [5.74, 6) is 2.20. The lowest BCUT2D eigenvalue weighted by Crippen LogP contribution is -2.64. The summed E-state index contributed by atoms with van der Waals surface area (Å²) in [6, 6.07) is 9.47. The largest absolute Gasteiger partial charge is 0.354 e. The first-order valence-electron chi connectivity index (χ1n) is 14.0. The third kappa shape index (κ3) is 5.75. The Balaban J connectivity index is 1.15. The number of hydrogen-bond donors (Lipinski definition) is 4. The van der Waals surface area contributed by atoms with E-state index < -0.39 is 23.4 Å². The molecule has 0 radical (unpaired) electrons. The van der Waals surface area contributed by atoms with Crippen molar-refractivity contribution in [3.63, 3.8) is 0 Å². The van der Waals surface area contributed by atoms with Crippen molar-refractivity contribution < 1.29 is 9.59 Å². The molecule has 5 rings (SSSR count). The zero-order chi connectivity index (χ0) is 28.8. The van der Waals surface area contributed by atoms with E-state index in [1.54, 1.807) is 31.0 Å². The Kier molecular flexibility index (Phi) is 7.71. The van der Waals surface area contributed by atoms with Gasteiger partial charge in [0.05, 0.1) is 23.9 Å². The van der Waals surface area contributed by atoms with Gasteiger partial charge >= 0.3 is 11.7 Å². The molecular weight excluding hydrogens is 510 g/mol. The van der Waals surface area contributed by atoms with Gasteiger partial charge in [-0.1, -0.05) is 12.1 Å². The van der Waals surface area contributed by atoms with Crippen LogP contribution in [0.2, 0.25) is 0 Å². The summed E-state index contributed by atoms with van der Waals surface area (Å²) in [5.41, 5.74) is 18.3. The number of carbonyl (C=O) groups excluding carboxylic acids is 2. The summed E-state index contributed by atoms with van der Waals surface area (Å²) < 4.78 is 1.44. The van der Waals surface area contributed by atoms with Crippen LogP contribution in [0.25, 0.3) is 5.69 Å². The highest BCUT2D eigenvalue weighted by Crippen LogP contribution is 2.51. The number of piperazine rings is 1. The molecule has 7 N–H and O–H groups in total. The number of nitrogens with zero attached hydrogens (tertiary/aromatic N) is 5. The van der Waals surface area contributed by atoms with Gasteiger partial charge in [-0.3, -0.25) is 19.6 Å². The fourth-order valence-electron chi connectivity index (χ4n) is 6.16. The number of nitrogens with one attached hydrogen (secondary N) is 1. The van der Waals surface area contributed by atoms with Crippen molar-refractivity contribution in [2.45, 2.75) is 44.9 Å². The number of amides is 3. The van der Waals surface area contributed by atoms with E-state index in [1.165, 1.54) is 15.0 Å². The fraction of sp³-hybridized carbons (Fsp3) is 0.571. The molecule has 2 unspecified atom stereocenters. The van der Waals surface area contributed by atoms with E-state index in [1.807, 2.05) is 24.3 Å². The first-order chi connectivity index (χ1) is 19.0. The van der Waals surface area contributed by atoms with Crippen molar-refractivity contribution in [2.75, 3.05) is 44.6 Å². The standard InChI is InChI=1S/C28H41N9O3/c1-17(35-14-21-20(13-29)22(21)15-35)12-18-4-6-19(7-5-18)36-9-8-24(32-26(36)39)33-27(40)37-11-10-34(16-23(37)30)25(38)28(2,3)31/h4-9,17,20-23H,10-16,29-31H2,1-3H3,(H,32,33,39,40)/t17?,20?,21-,22+,23-/m0/s1. The average Bonchev–Trinajstić information content (AvgIpc) is 3.37. The van der Waals surface area contributed by atoms with E-state index in [2.05, 4.69) is 22.1 Å². The topological polar surface area (TPSA) is 169 Å². The van der Waals surface area contributed by atoms with Crippen molar-refractivity contribution in [3.8, 4) is 5.69 Å². The average molecular weight is 552 g/mol. The molecule has 216 valence electrons. The summed E-state index contributed by atoms with van der Waals surface area (Å²) in [7, 11) is 0. The highest BCUT2D eigenvalue weighted by molar-refractivity contribution is 5.89. The minimum Gasteiger partial charge on any atom is -0.336 e. The Morgan fingerprint density at radius 1 is 1.10 bits per heavy atom. The second kappa shape index (κ2) is 10.9. The number of aromatic nitrogens is 2. The third-order valence-electron chi connectivity index (χ3n) is 8.60. The zero-order valence-corrected chi connectivity index (χ0v) is 23.5. The molecule has 3 amide bonds. The first-order valence-corrected chi connectivity index (χ1v) is 14.0. The van der Waals surface area contributed by atoms with Gasteiger partial charge in [0.2, 0.25) is 5.91 Å². The van der Waals surface area contributed by atoms with Gasteiger partial charge in [0, 0.05) is 38.4 Å². The van der Waals surface area contributed by atoms with Crippen molar-refractivity contribution in [1.29, 1.82) is 0 Å². The molecule has 1 saturated carbocycles. The Labute approximate surface area is 234 Å². The number of carbonyl (C=O) groups is 2. The van der Waals surface area contributed by atoms with Crippen LogP contribution in [0.5, 0.6) is 0 Å². The second-order valence-corrected chi connectivity index (χ2v) is 12.0. The van der Waals surface area contributed by atoms with Crippen LogP contribution in [0.1, 0.15) is 26.3 Å². The first kappa shape index (κ1) is 28.2. The fourth-order valence-corrected chi connectivity index (χ4v) is 6.16. The van der Waals surface area contributed by atoms with E-state index in [0.29, 0.717) is 18.3 Å². The maximum absolute atomic E-state index is 12.8. The number of fused-ring (bicyclic) bond motifs is 1. The van der Waals surface area contributed by atoms with E-state index >= 15 is 0 Å². The molecule has 3 heterocycles. The molecule has 2 aromatic rings. The molecule has 2 aliphatic heterocycles. The Hall–Kier alpha value is -3.32. The predicted molar refractivity (Wildman–Crippen MR) is 153 cm³/mol. The number of likely N-dealkylation sites (tertiary alicyclic amines) is 1. The summed E-state index contributed by atoms with van der Waals surface area (Å²) in [6.45, 7) is 9.37. The van der Waals surface area contributed by atoms with Crippen LogP contribution in [0.4, 0.5) is 10.6 Å². The molecule has 2 saturated heterocycles. The molecule has 3 aliphatic rings. The Morgan fingerprint density at radius 2 is 1.77 bits per heavy atom. The molecule has 1 aromatic heterocycles. The maximum Gasteiger partial charge on any atom is 0.354 e. The number of anilines is 1. The number of rotatable bonds is 7. The predicted octanol–water partition coefficient (Wildman–Crippen LogP) is -0.00180. The van der Waals surface area contributed by atoms with Crippen LogP contribution in [-0.4, -0.2) is 93.2 Å². The number of urea groups is 1. The number of hydrogen-bond acceptors (Lipinski definition) is 8. The normalized spacial score (nSPS) is 25.4. The maximum atomic E-state index is 12.8. The SMILES string of the molecule is CC(Cc1ccc(-n2ccc(NC(=O)N3CCN(C(=O)C(C)(C)N)C[C@H]3N)nc2=O)cc1)N1C[C@@H]2C(CN)[C@@H]2C1. The lowest BCUT2D eigenvalue weighted by Gasteiger charge is -2.41. The lowest BCUT2D eigenvalue weighted by molar-refractivity contribution is -0.138. The van der Waals surface area contributed by atoms with Crippen molar-refractivity contribution in [1.82, 2.24) is 24.3 Å². The molecule has 5 atom stereocenters. The van der Waals surface area contributed by atoms with E-state index in [9.17, 15) is 14.4 Å². The number of piperidine rings is 1. The Bertz CT molecular complexity index is 1290.